The number of aromatic amines is 1. The number of benzene rings is 3. The maximum atomic E-state index is 15.0. The Morgan fingerprint density at radius 3 is 2.57 bits per heavy atom. The van der Waals surface area contributed by atoms with Gasteiger partial charge in [0.25, 0.3) is 5.91 Å². The molecule has 0 bridgehead atoms. The van der Waals surface area contributed by atoms with E-state index in [4.69, 9.17) is 0 Å². The minimum atomic E-state index is -0.399. The van der Waals surface area contributed by atoms with E-state index < -0.39 is 5.82 Å². The molecule has 1 N–H and O–H groups in total. The van der Waals surface area contributed by atoms with E-state index in [-0.39, 0.29) is 24.3 Å². The molecule has 2 heterocycles. The number of hydrogen-bond acceptors (Lipinski definition) is 4. The average Bonchev–Trinajstić information content (AvgIpc) is 3.53. The predicted octanol–water partition coefficient (Wildman–Crippen LogP) is 5.03. The van der Waals surface area contributed by atoms with Crippen LogP contribution in [-0.2, 0) is 6.54 Å². The number of aromatic nitrogens is 3. The Hall–Kier alpha value is -3.65. The molecule has 1 aliphatic heterocycles. The van der Waals surface area contributed by atoms with Gasteiger partial charge in [-0.15, -0.1) is 0 Å². The highest BCUT2D eigenvalue weighted by molar-refractivity contribution is 5.94. The third-order valence-corrected chi connectivity index (χ3v) is 6.77. The molecule has 0 unspecified atom stereocenters. The summed E-state index contributed by atoms with van der Waals surface area (Å²) in [5, 5.41) is 10.8. The number of carbonyl (C=O) groups is 1. The van der Waals surface area contributed by atoms with E-state index in [1.54, 1.807) is 17.0 Å². The summed E-state index contributed by atoms with van der Waals surface area (Å²) in [5.41, 5.74) is 4.01. The Kier molecular flexibility index (Phi) is 6.55. The van der Waals surface area contributed by atoms with Gasteiger partial charge in [-0.2, -0.15) is 15.4 Å². The third kappa shape index (κ3) is 4.93. The quantitative estimate of drug-likeness (QED) is 0.407. The Morgan fingerprint density at radius 1 is 1.03 bits per heavy atom. The van der Waals surface area contributed by atoms with Crippen LogP contribution in [0.3, 0.4) is 0 Å². The van der Waals surface area contributed by atoms with Gasteiger partial charge in [0.05, 0.1) is 0 Å². The van der Waals surface area contributed by atoms with E-state index in [9.17, 15) is 13.6 Å². The molecule has 3 aromatic carbocycles. The van der Waals surface area contributed by atoms with Crippen molar-refractivity contribution < 1.29 is 13.6 Å². The van der Waals surface area contributed by atoms with Gasteiger partial charge in [0.1, 0.15) is 22.7 Å². The van der Waals surface area contributed by atoms with E-state index in [0.29, 0.717) is 17.7 Å². The van der Waals surface area contributed by atoms with Crippen LogP contribution in [0.2, 0.25) is 0 Å². The molecule has 8 heteroatoms. The molecule has 6 nitrogen and oxygen atoms in total. The Labute approximate surface area is 202 Å². The second kappa shape index (κ2) is 9.92. The zero-order valence-corrected chi connectivity index (χ0v) is 19.5. The van der Waals surface area contributed by atoms with Crippen molar-refractivity contribution in [1.82, 2.24) is 25.2 Å². The SMILES string of the molecule is CCN1CCC[C@H]1CN(Cc1cc(-c2ccc3n[nH]nc3c2)ccc1F)C(=O)c1ccc(F)cc1. The van der Waals surface area contributed by atoms with E-state index >= 15 is 0 Å². The lowest BCUT2D eigenvalue weighted by atomic mass is 10.0. The second-order valence-corrected chi connectivity index (χ2v) is 8.95. The maximum Gasteiger partial charge on any atom is 0.254 e. The van der Waals surface area contributed by atoms with Gasteiger partial charge in [-0.25, -0.2) is 8.78 Å². The Bertz CT molecular complexity index is 1340. The molecule has 1 atom stereocenters. The smallest absolute Gasteiger partial charge is 0.254 e. The first-order chi connectivity index (χ1) is 17.0. The van der Waals surface area contributed by atoms with Gasteiger partial charge < -0.3 is 4.90 Å². The summed E-state index contributed by atoms with van der Waals surface area (Å²) in [5.74, 6) is -1.00. The van der Waals surface area contributed by atoms with Crippen molar-refractivity contribution in [2.75, 3.05) is 19.6 Å². The van der Waals surface area contributed by atoms with Crippen LogP contribution in [0.25, 0.3) is 22.2 Å². The van der Waals surface area contributed by atoms with Crippen LogP contribution in [-0.4, -0.2) is 56.8 Å². The van der Waals surface area contributed by atoms with Crippen molar-refractivity contribution in [2.45, 2.75) is 32.4 Å². The van der Waals surface area contributed by atoms with Gasteiger partial charge >= 0.3 is 0 Å². The summed E-state index contributed by atoms with van der Waals surface area (Å²) in [6, 6.07) is 16.4. The minimum Gasteiger partial charge on any atom is -0.333 e. The van der Waals surface area contributed by atoms with Crippen LogP contribution in [0.5, 0.6) is 0 Å². The highest BCUT2D eigenvalue weighted by atomic mass is 19.1. The fourth-order valence-corrected chi connectivity index (χ4v) is 4.87. The molecular weight excluding hydrogens is 448 g/mol. The van der Waals surface area contributed by atoms with Gasteiger partial charge in [0, 0.05) is 30.3 Å². The van der Waals surface area contributed by atoms with Gasteiger partial charge in [0.2, 0.25) is 0 Å². The largest absolute Gasteiger partial charge is 0.333 e. The highest BCUT2D eigenvalue weighted by Gasteiger charge is 2.28. The zero-order chi connectivity index (χ0) is 24.4. The summed E-state index contributed by atoms with van der Waals surface area (Å²) in [6.45, 7) is 4.61. The maximum absolute atomic E-state index is 15.0. The highest BCUT2D eigenvalue weighted by Crippen LogP contribution is 2.27. The zero-order valence-electron chi connectivity index (χ0n) is 19.5. The lowest BCUT2D eigenvalue weighted by molar-refractivity contribution is 0.0690. The first-order valence-electron chi connectivity index (χ1n) is 11.9. The van der Waals surface area contributed by atoms with E-state index in [1.807, 2.05) is 18.2 Å². The Morgan fingerprint density at radius 2 is 1.77 bits per heavy atom. The Balaban J connectivity index is 1.46. The molecule has 180 valence electrons. The lowest BCUT2D eigenvalue weighted by Gasteiger charge is -2.31. The minimum absolute atomic E-state index is 0.121. The van der Waals surface area contributed by atoms with Gasteiger partial charge in [-0.3, -0.25) is 9.69 Å². The molecule has 35 heavy (non-hydrogen) atoms. The van der Waals surface area contributed by atoms with E-state index in [2.05, 4.69) is 27.2 Å². The normalized spacial score (nSPS) is 16.1. The van der Waals surface area contributed by atoms with Crippen LogP contribution in [0.4, 0.5) is 8.78 Å². The average molecular weight is 476 g/mol. The fourth-order valence-electron chi connectivity index (χ4n) is 4.87. The molecule has 0 aliphatic carbocycles. The molecule has 1 aliphatic rings. The topological polar surface area (TPSA) is 65.1 Å². The number of carbonyl (C=O) groups excluding carboxylic acids is 1. The van der Waals surface area contributed by atoms with Gasteiger partial charge in [0.15, 0.2) is 0 Å². The number of fused-ring (bicyclic) bond motifs is 1. The molecule has 1 amide bonds. The predicted molar refractivity (Wildman–Crippen MR) is 131 cm³/mol. The van der Waals surface area contributed by atoms with E-state index in [0.717, 1.165) is 48.1 Å². The molecule has 0 saturated carbocycles. The lowest BCUT2D eigenvalue weighted by Crippen LogP contribution is -2.42. The van der Waals surface area contributed by atoms with Crippen molar-refractivity contribution in [3.8, 4) is 11.1 Å². The monoisotopic (exact) mass is 475 g/mol. The molecule has 5 rings (SSSR count). The molecule has 1 saturated heterocycles. The second-order valence-electron chi connectivity index (χ2n) is 8.95. The summed E-state index contributed by atoms with van der Waals surface area (Å²) >= 11 is 0. The molecular formula is C27H27F2N5O. The molecule has 0 radical (unpaired) electrons. The van der Waals surface area contributed by atoms with Crippen molar-refractivity contribution in [1.29, 1.82) is 0 Å². The number of amides is 1. The van der Waals surface area contributed by atoms with Crippen LogP contribution in [0.15, 0.2) is 60.7 Å². The number of halogens is 2. The van der Waals surface area contributed by atoms with Crippen LogP contribution in [0, 0.1) is 11.6 Å². The van der Waals surface area contributed by atoms with Crippen LogP contribution >= 0.6 is 0 Å². The van der Waals surface area contributed by atoms with Gasteiger partial charge in [-0.05, 0) is 85.6 Å². The number of nitrogens with one attached hydrogen (secondary N) is 1. The summed E-state index contributed by atoms with van der Waals surface area (Å²) < 4.78 is 28.5. The van der Waals surface area contributed by atoms with Crippen LogP contribution < -0.4 is 0 Å². The first kappa shape index (κ1) is 23.1. The number of nitrogens with zero attached hydrogens (tertiary/aromatic N) is 4. The number of likely N-dealkylation sites (tertiary alicyclic amines) is 1. The number of hydrogen-bond donors (Lipinski definition) is 1. The molecule has 0 spiro atoms. The first-order valence-corrected chi connectivity index (χ1v) is 11.9. The molecule has 4 aromatic rings. The van der Waals surface area contributed by atoms with Crippen molar-refractivity contribution in [2.24, 2.45) is 0 Å². The third-order valence-electron chi connectivity index (χ3n) is 6.77. The van der Waals surface area contributed by atoms with Crippen LogP contribution in [0.1, 0.15) is 35.7 Å². The summed E-state index contributed by atoms with van der Waals surface area (Å²) in [6.07, 6.45) is 2.06. The number of H-pyrrole nitrogens is 1. The van der Waals surface area contributed by atoms with Crippen molar-refractivity contribution >= 4 is 16.9 Å². The standard InChI is InChI=1S/C27H27F2N5O/c1-2-33-13-3-4-23(33)17-34(27(35)18-5-9-22(28)10-6-18)16-21-14-19(7-11-24(21)29)20-8-12-25-26(15-20)31-32-30-25/h5-12,14-15,23H,2-4,13,16-17H2,1H3,(H,30,31,32)/t23-/m0/s1. The summed E-state index contributed by atoms with van der Waals surface area (Å²) in [7, 11) is 0. The van der Waals surface area contributed by atoms with Crippen molar-refractivity contribution in [3.05, 3.63) is 83.4 Å². The summed E-state index contributed by atoms with van der Waals surface area (Å²) in [4.78, 5) is 17.5. The van der Waals surface area contributed by atoms with Crippen molar-refractivity contribution in [3.63, 3.8) is 0 Å². The van der Waals surface area contributed by atoms with E-state index in [1.165, 1.54) is 30.3 Å². The van der Waals surface area contributed by atoms with Gasteiger partial charge in [-0.1, -0.05) is 19.1 Å². The number of rotatable bonds is 7. The number of likely N-dealkylation sites (N-methyl/N-ethyl adjacent to an activating group) is 1. The molecule has 1 fully saturated rings. The fraction of sp³-hybridized carbons (Fsp3) is 0.296. The molecule has 1 aromatic heterocycles.